The van der Waals surface area contributed by atoms with Gasteiger partial charge in [-0.05, 0) is 37.1 Å². The van der Waals surface area contributed by atoms with E-state index in [4.69, 9.17) is 0 Å². The summed E-state index contributed by atoms with van der Waals surface area (Å²) in [6.07, 6.45) is 1.47. The zero-order valence-electron chi connectivity index (χ0n) is 11.6. The van der Waals surface area contributed by atoms with Gasteiger partial charge in [-0.3, -0.25) is 4.79 Å². The van der Waals surface area contributed by atoms with Crippen LogP contribution in [0.3, 0.4) is 0 Å². The molecule has 18 heavy (non-hydrogen) atoms. The molecule has 0 fully saturated rings. The molecule has 1 rings (SSSR count). The lowest BCUT2D eigenvalue weighted by molar-refractivity contribution is -0.121. The highest BCUT2D eigenvalue weighted by atomic mass is 16.1. The number of nitrogens with one attached hydrogen (secondary N) is 2. The standard InChI is InChI=1S/C15H24N2O/c1-12(2)14-8-6-13(7-9-14)11-17-15(18)5-4-10-16-3/h6-9,12,16H,4-5,10-11H2,1-3H3,(H,17,18). The highest BCUT2D eigenvalue weighted by Gasteiger charge is 2.02. The Morgan fingerprint density at radius 3 is 2.44 bits per heavy atom. The average molecular weight is 248 g/mol. The van der Waals surface area contributed by atoms with Crippen molar-refractivity contribution in [2.45, 2.75) is 39.2 Å². The van der Waals surface area contributed by atoms with Gasteiger partial charge in [-0.25, -0.2) is 0 Å². The van der Waals surface area contributed by atoms with Crippen molar-refractivity contribution < 1.29 is 4.79 Å². The molecular weight excluding hydrogens is 224 g/mol. The monoisotopic (exact) mass is 248 g/mol. The lowest BCUT2D eigenvalue weighted by atomic mass is 10.0. The second-order valence-corrected chi connectivity index (χ2v) is 4.88. The Morgan fingerprint density at radius 2 is 1.89 bits per heavy atom. The largest absolute Gasteiger partial charge is 0.352 e. The molecule has 1 aromatic carbocycles. The van der Waals surface area contributed by atoms with E-state index in [1.54, 1.807) is 0 Å². The molecule has 1 aromatic rings. The van der Waals surface area contributed by atoms with E-state index < -0.39 is 0 Å². The molecule has 0 spiro atoms. The SMILES string of the molecule is CNCCCC(=O)NCc1ccc(C(C)C)cc1. The molecule has 0 saturated carbocycles. The van der Waals surface area contributed by atoms with Gasteiger partial charge in [0.1, 0.15) is 0 Å². The Hall–Kier alpha value is -1.35. The van der Waals surface area contributed by atoms with Crippen LogP contribution in [0, 0.1) is 0 Å². The zero-order valence-corrected chi connectivity index (χ0v) is 11.6. The van der Waals surface area contributed by atoms with E-state index in [2.05, 4.69) is 48.7 Å². The van der Waals surface area contributed by atoms with E-state index in [0.29, 0.717) is 18.9 Å². The third-order valence-electron chi connectivity index (χ3n) is 2.97. The third kappa shape index (κ3) is 5.32. The number of hydrogen-bond acceptors (Lipinski definition) is 2. The minimum Gasteiger partial charge on any atom is -0.352 e. The van der Waals surface area contributed by atoms with Crippen LogP contribution in [0.5, 0.6) is 0 Å². The summed E-state index contributed by atoms with van der Waals surface area (Å²) in [5.41, 5.74) is 2.49. The molecule has 0 aliphatic heterocycles. The smallest absolute Gasteiger partial charge is 0.220 e. The Labute approximate surface area is 110 Å². The number of benzene rings is 1. The van der Waals surface area contributed by atoms with E-state index >= 15 is 0 Å². The molecule has 0 radical (unpaired) electrons. The van der Waals surface area contributed by atoms with Crippen LogP contribution in [-0.2, 0) is 11.3 Å². The number of carbonyl (C=O) groups is 1. The lowest BCUT2D eigenvalue weighted by Crippen LogP contribution is -2.23. The lowest BCUT2D eigenvalue weighted by Gasteiger charge is -2.08. The van der Waals surface area contributed by atoms with Crippen molar-refractivity contribution in [3.05, 3.63) is 35.4 Å². The van der Waals surface area contributed by atoms with Gasteiger partial charge in [-0.1, -0.05) is 38.1 Å². The molecule has 100 valence electrons. The maximum atomic E-state index is 11.5. The van der Waals surface area contributed by atoms with E-state index in [0.717, 1.165) is 18.5 Å². The quantitative estimate of drug-likeness (QED) is 0.728. The fraction of sp³-hybridized carbons (Fsp3) is 0.533. The van der Waals surface area contributed by atoms with Gasteiger partial charge in [0, 0.05) is 13.0 Å². The molecule has 0 saturated heterocycles. The molecular formula is C15H24N2O. The molecule has 1 amide bonds. The molecule has 0 unspecified atom stereocenters. The molecule has 0 heterocycles. The summed E-state index contributed by atoms with van der Waals surface area (Å²) in [5, 5.41) is 5.97. The predicted molar refractivity (Wildman–Crippen MR) is 75.5 cm³/mol. The van der Waals surface area contributed by atoms with Gasteiger partial charge in [0.05, 0.1) is 0 Å². The Bertz CT molecular complexity index is 357. The first-order valence-corrected chi connectivity index (χ1v) is 6.63. The van der Waals surface area contributed by atoms with E-state index in [1.165, 1.54) is 5.56 Å². The van der Waals surface area contributed by atoms with Crippen LogP contribution < -0.4 is 10.6 Å². The summed E-state index contributed by atoms with van der Waals surface area (Å²) in [6, 6.07) is 8.44. The van der Waals surface area contributed by atoms with Crippen LogP contribution in [0.15, 0.2) is 24.3 Å². The van der Waals surface area contributed by atoms with Crippen molar-refractivity contribution in [3.8, 4) is 0 Å². The van der Waals surface area contributed by atoms with Gasteiger partial charge < -0.3 is 10.6 Å². The first-order valence-electron chi connectivity index (χ1n) is 6.63. The van der Waals surface area contributed by atoms with Gasteiger partial charge >= 0.3 is 0 Å². The maximum absolute atomic E-state index is 11.5. The predicted octanol–water partition coefficient (Wildman–Crippen LogP) is 2.43. The first kappa shape index (κ1) is 14.7. The maximum Gasteiger partial charge on any atom is 0.220 e. The van der Waals surface area contributed by atoms with E-state index in [1.807, 2.05) is 7.05 Å². The summed E-state index contributed by atoms with van der Waals surface area (Å²) < 4.78 is 0. The summed E-state index contributed by atoms with van der Waals surface area (Å²) in [4.78, 5) is 11.5. The Kier molecular flexibility index (Phi) is 6.44. The average Bonchev–Trinajstić information content (AvgIpc) is 2.37. The Balaban J connectivity index is 2.32. The van der Waals surface area contributed by atoms with Crippen LogP contribution in [0.25, 0.3) is 0 Å². The van der Waals surface area contributed by atoms with E-state index in [-0.39, 0.29) is 5.91 Å². The van der Waals surface area contributed by atoms with Crippen molar-refractivity contribution in [3.63, 3.8) is 0 Å². The van der Waals surface area contributed by atoms with Gasteiger partial charge in [0.25, 0.3) is 0 Å². The molecule has 0 aliphatic rings. The molecule has 3 heteroatoms. The molecule has 0 bridgehead atoms. The Morgan fingerprint density at radius 1 is 1.22 bits per heavy atom. The molecule has 2 N–H and O–H groups in total. The number of carbonyl (C=O) groups excluding carboxylic acids is 1. The van der Waals surface area contributed by atoms with Gasteiger partial charge in [0.15, 0.2) is 0 Å². The minimum atomic E-state index is 0.123. The van der Waals surface area contributed by atoms with Crippen molar-refractivity contribution in [2.24, 2.45) is 0 Å². The summed E-state index contributed by atoms with van der Waals surface area (Å²) in [6.45, 7) is 5.87. The molecule has 0 aromatic heterocycles. The van der Waals surface area contributed by atoms with Crippen LogP contribution >= 0.6 is 0 Å². The van der Waals surface area contributed by atoms with Crippen molar-refractivity contribution in [1.82, 2.24) is 10.6 Å². The first-order chi connectivity index (χ1) is 8.63. The molecule has 0 aliphatic carbocycles. The highest BCUT2D eigenvalue weighted by molar-refractivity contribution is 5.75. The third-order valence-corrected chi connectivity index (χ3v) is 2.97. The van der Waals surface area contributed by atoms with Gasteiger partial charge in [-0.15, -0.1) is 0 Å². The summed E-state index contributed by atoms with van der Waals surface area (Å²) >= 11 is 0. The fourth-order valence-electron chi connectivity index (χ4n) is 1.74. The zero-order chi connectivity index (χ0) is 13.4. The number of rotatable bonds is 7. The van der Waals surface area contributed by atoms with Gasteiger partial charge in [-0.2, -0.15) is 0 Å². The fourth-order valence-corrected chi connectivity index (χ4v) is 1.74. The minimum absolute atomic E-state index is 0.123. The van der Waals surface area contributed by atoms with Crippen LogP contribution in [0.1, 0.15) is 43.7 Å². The van der Waals surface area contributed by atoms with Crippen LogP contribution in [-0.4, -0.2) is 19.5 Å². The van der Waals surface area contributed by atoms with Crippen molar-refractivity contribution >= 4 is 5.91 Å². The van der Waals surface area contributed by atoms with Crippen molar-refractivity contribution in [1.29, 1.82) is 0 Å². The second-order valence-electron chi connectivity index (χ2n) is 4.88. The number of amides is 1. The van der Waals surface area contributed by atoms with Crippen LogP contribution in [0.4, 0.5) is 0 Å². The van der Waals surface area contributed by atoms with Crippen LogP contribution in [0.2, 0.25) is 0 Å². The topological polar surface area (TPSA) is 41.1 Å². The molecule has 3 nitrogen and oxygen atoms in total. The van der Waals surface area contributed by atoms with Gasteiger partial charge in [0.2, 0.25) is 5.91 Å². The number of hydrogen-bond donors (Lipinski definition) is 2. The highest BCUT2D eigenvalue weighted by Crippen LogP contribution is 2.14. The normalized spacial score (nSPS) is 10.7. The molecule has 0 atom stereocenters. The second kappa shape index (κ2) is 7.88. The van der Waals surface area contributed by atoms with Crippen molar-refractivity contribution in [2.75, 3.05) is 13.6 Å². The van der Waals surface area contributed by atoms with E-state index in [9.17, 15) is 4.79 Å². The summed E-state index contributed by atoms with van der Waals surface area (Å²) in [7, 11) is 1.90. The summed E-state index contributed by atoms with van der Waals surface area (Å²) in [5.74, 6) is 0.674.